The number of nitrogens with zero attached hydrogens (tertiary/aromatic N) is 3. The van der Waals surface area contributed by atoms with Gasteiger partial charge in [-0.05, 0) is 51.2 Å². The van der Waals surface area contributed by atoms with Gasteiger partial charge in [-0.25, -0.2) is 23.9 Å². The molecule has 0 radical (unpaired) electrons. The first-order valence-corrected chi connectivity index (χ1v) is 8.34. The van der Waals surface area contributed by atoms with Gasteiger partial charge in [0.2, 0.25) is 0 Å². The van der Waals surface area contributed by atoms with Crippen LogP contribution in [0.3, 0.4) is 0 Å². The number of amides is 2. The van der Waals surface area contributed by atoms with E-state index in [2.05, 4.69) is 22.4 Å². The average Bonchev–Trinajstić information content (AvgIpc) is 2.93. The zero-order valence-corrected chi connectivity index (χ0v) is 15.6. The highest BCUT2D eigenvalue weighted by atomic mass is 32.1. The summed E-state index contributed by atoms with van der Waals surface area (Å²) in [6, 6.07) is 6.37. The average molecular weight is 381 g/mol. The fourth-order valence-corrected chi connectivity index (χ4v) is 2.41. The maximum atomic E-state index is 13.4. The Bertz CT molecular complexity index is 731. The summed E-state index contributed by atoms with van der Waals surface area (Å²) >= 11 is 4.50. The molecule has 140 valence electrons. The molecule has 2 amide bonds. The first-order chi connectivity index (χ1) is 12.2. The number of rotatable bonds is 5. The number of alkyl halides is 1. The molecule has 2 rings (SSSR count). The van der Waals surface area contributed by atoms with Crippen molar-refractivity contribution in [2.45, 2.75) is 32.5 Å². The van der Waals surface area contributed by atoms with Crippen LogP contribution >= 0.6 is 12.2 Å². The lowest BCUT2D eigenvalue weighted by Gasteiger charge is -2.26. The summed E-state index contributed by atoms with van der Waals surface area (Å²) in [5.74, 6) is 0. The van der Waals surface area contributed by atoms with Crippen LogP contribution in [0.1, 0.15) is 20.8 Å². The number of anilines is 2. The fraction of sp³-hybridized carbons (Fsp3) is 0.471. The number of benzene rings is 1. The number of carbonyl (C=O) groups is 2. The Morgan fingerprint density at radius 3 is 2.88 bits per heavy atom. The SMILES string of the molecule is CC(C)(C)OC(=O)N(CF)c1cccc(N2C[C@@H](CN=C=S)OC2=O)c1. The van der Waals surface area contributed by atoms with E-state index in [1.54, 1.807) is 39.0 Å². The van der Waals surface area contributed by atoms with Crippen LogP contribution in [0.5, 0.6) is 0 Å². The number of isothiocyanates is 1. The van der Waals surface area contributed by atoms with E-state index >= 15 is 0 Å². The second-order valence-electron chi connectivity index (χ2n) is 6.60. The van der Waals surface area contributed by atoms with Crippen LogP contribution in [0.2, 0.25) is 0 Å². The Labute approximate surface area is 156 Å². The highest BCUT2D eigenvalue weighted by Crippen LogP contribution is 2.27. The van der Waals surface area contributed by atoms with Crippen molar-refractivity contribution in [3.05, 3.63) is 24.3 Å². The van der Waals surface area contributed by atoms with Crippen molar-refractivity contribution in [3.63, 3.8) is 0 Å². The third-order valence-electron chi connectivity index (χ3n) is 3.42. The van der Waals surface area contributed by atoms with E-state index in [9.17, 15) is 14.0 Å². The maximum absolute atomic E-state index is 13.4. The van der Waals surface area contributed by atoms with Crippen molar-refractivity contribution >= 4 is 40.9 Å². The minimum Gasteiger partial charge on any atom is -0.443 e. The molecule has 9 heteroatoms. The van der Waals surface area contributed by atoms with Crippen molar-refractivity contribution in [1.29, 1.82) is 0 Å². The van der Waals surface area contributed by atoms with Crippen molar-refractivity contribution in [2.75, 3.05) is 29.7 Å². The molecule has 1 aliphatic rings. The maximum Gasteiger partial charge on any atom is 0.416 e. The summed E-state index contributed by atoms with van der Waals surface area (Å²) < 4.78 is 23.9. The highest BCUT2D eigenvalue weighted by Gasteiger charge is 2.32. The Hall–Kier alpha value is -2.51. The molecule has 1 saturated heterocycles. The summed E-state index contributed by atoms with van der Waals surface area (Å²) in [4.78, 5) is 30.3. The van der Waals surface area contributed by atoms with Gasteiger partial charge in [0.15, 0.2) is 6.80 Å². The molecule has 0 N–H and O–H groups in total. The lowest BCUT2D eigenvalue weighted by atomic mass is 10.2. The van der Waals surface area contributed by atoms with Gasteiger partial charge in [0.25, 0.3) is 0 Å². The summed E-state index contributed by atoms with van der Waals surface area (Å²) in [5.41, 5.74) is -0.00757. The molecule has 1 atom stereocenters. The number of ether oxygens (including phenoxy) is 2. The molecular formula is C17H20FN3O4S. The quantitative estimate of drug-likeness (QED) is 0.441. The number of thiocarbonyl (C=S) groups is 1. The van der Waals surface area contributed by atoms with Gasteiger partial charge in [-0.3, -0.25) is 4.90 Å². The minimum atomic E-state index is -1.06. The standard InChI is InChI=1S/C17H20FN3O4S/c1-17(2,3)25-16(23)21(10-18)13-6-4-5-12(7-13)20-9-14(8-19-11-26)24-15(20)22/h4-7,14H,8-10H2,1-3H3/t14-/m1/s1. The van der Waals surface area contributed by atoms with Crippen LogP contribution in [0.25, 0.3) is 0 Å². The van der Waals surface area contributed by atoms with Crippen molar-refractivity contribution in [1.82, 2.24) is 0 Å². The summed E-state index contributed by atoms with van der Waals surface area (Å²) in [7, 11) is 0. The molecule has 7 nitrogen and oxygen atoms in total. The van der Waals surface area contributed by atoms with E-state index in [1.165, 1.54) is 11.0 Å². The number of aliphatic imine (C=N–C) groups is 1. The summed E-state index contributed by atoms with van der Waals surface area (Å²) in [6.45, 7) is 4.52. The molecule has 1 fully saturated rings. The van der Waals surface area contributed by atoms with Gasteiger partial charge in [-0.15, -0.1) is 0 Å². The number of halogens is 1. The lowest BCUT2D eigenvalue weighted by Crippen LogP contribution is -2.36. The molecule has 0 saturated carbocycles. The smallest absolute Gasteiger partial charge is 0.416 e. The molecule has 1 aromatic carbocycles. The van der Waals surface area contributed by atoms with Gasteiger partial charge in [-0.2, -0.15) is 0 Å². The third-order valence-corrected chi connectivity index (χ3v) is 3.55. The Morgan fingerprint density at radius 2 is 2.27 bits per heavy atom. The van der Waals surface area contributed by atoms with E-state index in [4.69, 9.17) is 9.47 Å². The molecule has 1 aliphatic heterocycles. The van der Waals surface area contributed by atoms with Crippen LogP contribution in [0.4, 0.5) is 25.4 Å². The Balaban J connectivity index is 2.20. The van der Waals surface area contributed by atoms with Crippen molar-refractivity contribution in [2.24, 2.45) is 4.99 Å². The van der Waals surface area contributed by atoms with Gasteiger partial charge < -0.3 is 9.47 Å². The highest BCUT2D eigenvalue weighted by molar-refractivity contribution is 7.78. The molecule has 26 heavy (non-hydrogen) atoms. The number of carbonyl (C=O) groups excluding carboxylic acids is 2. The van der Waals surface area contributed by atoms with Crippen LogP contribution in [0, 0.1) is 0 Å². The number of hydrogen-bond acceptors (Lipinski definition) is 6. The Kier molecular flexibility index (Phi) is 6.28. The van der Waals surface area contributed by atoms with E-state index in [1.807, 2.05) is 0 Å². The molecule has 0 spiro atoms. The van der Waals surface area contributed by atoms with E-state index in [-0.39, 0.29) is 18.8 Å². The first kappa shape index (κ1) is 19.8. The topological polar surface area (TPSA) is 71.4 Å². The summed E-state index contributed by atoms with van der Waals surface area (Å²) in [5, 5.41) is 2.23. The molecule has 0 aromatic heterocycles. The molecule has 1 heterocycles. The zero-order chi connectivity index (χ0) is 19.3. The zero-order valence-electron chi connectivity index (χ0n) is 14.8. The van der Waals surface area contributed by atoms with Gasteiger partial charge >= 0.3 is 12.2 Å². The van der Waals surface area contributed by atoms with Gasteiger partial charge in [0, 0.05) is 5.69 Å². The second-order valence-corrected chi connectivity index (χ2v) is 6.78. The van der Waals surface area contributed by atoms with Gasteiger partial charge in [0.05, 0.1) is 23.9 Å². The second kappa shape index (κ2) is 8.25. The van der Waals surface area contributed by atoms with Crippen molar-refractivity contribution < 1.29 is 23.5 Å². The van der Waals surface area contributed by atoms with Crippen LogP contribution in [-0.4, -0.2) is 48.9 Å². The molecule has 0 aliphatic carbocycles. The molecule has 0 bridgehead atoms. The monoisotopic (exact) mass is 381 g/mol. The Morgan fingerprint density at radius 1 is 1.54 bits per heavy atom. The lowest BCUT2D eigenvalue weighted by molar-refractivity contribution is 0.0566. The third kappa shape index (κ3) is 5.00. The van der Waals surface area contributed by atoms with Gasteiger partial charge in [0.1, 0.15) is 11.7 Å². The molecular weight excluding hydrogens is 361 g/mol. The first-order valence-electron chi connectivity index (χ1n) is 7.93. The number of hydrogen-bond donors (Lipinski definition) is 0. The number of cyclic esters (lactones) is 1. The predicted molar refractivity (Wildman–Crippen MR) is 98.6 cm³/mol. The van der Waals surface area contributed by atoms with Crippen LogP contribution < -0.4 is 9.80 Å². The van der Waals surface area contributed by atoms with Crippen LogP contribution in [0.15, 0.2) is 29.3 Å². The predicted octanol–water partition coefficient (Wildman–Crippen LogP) is 3.78. The van der Waals surface area contributed by atoms with E-state index < -0.39 is 30.7 Å². The summed E-state index contributed by atoms with van der Waals surface area (Å²) in [6.07, 6.45) is -1.80. The minimum absolute atomic E-state index is 0.222. The van der Waals surface area contributed by atoms with Crippen molar-refractivity contribution in [3.8, 4) is 0 Å². The normalized spacial score (nSPS) is 16.7. The van der Waals surface area contributed by atoms with Gasteiger partial charge in [-0.1, -0.05) is 6.07 Å². The van der Waals surface area contributed by atoms with E-state index in [0.29, 0.717) is 5.69 Å². The van der Waals surface area contributed by atoms with Crippen LogP contribution in [-0.2, 0) is 9.47 Å². The molecule has 1 aromatic rings. The fourth-order valence-electron chi connectivity index (χ4n) is 2.34. The van der Waals surface area contributed by atoms with E-state index in [0.717, 1.165) is 4.90 Å². The largest absolute Gasteiger partial charge is 0.443 e. The molecule has 0 unspecified atom stereocenters.